The van der Waals surface area contributed by atoms with Crippen molar-refractivity contribution in [2.75, 3.05) is 13.7 Å². The summed E-state index contributed by atoms with van der Waals surface area (Å²) in [6, 6.07) is 6.51. The lowest BCUT2D eigenvalue weighted by Crippen LogP contribution is -2.61. The molecule has 120 valence electrons. The van der Waals surface area contributed by atoms with Crippen molar-refractivity contribution in [3.8, 4) is 11.9 Å². The highest BCUT2D eigenvalue weighted by Gasteiger charge is 2.57. The lowest BCUT2D eigenvalue weighted by atomic mass is 9.51. The van der Waals surface area contributed by atoms with Gasteiger partial charge in [-0.25, -0.2) is 0 Å². The summed E-state index contributed by atoms with van der Waals surface area (Å²) >= 11 is 0. The summed E-state index contributed by atoms with van der Waals surface area (Å²) in [6.45, 7) is 2.80. The summed E-state index contributed by atoms with van der Waals surface area (Å²) in [5.41, 5.74) is 2.49. The third kappa shape index (κ3) is 1.92. The number of ketones is 1. The smallest absolute Gasteiger partial charge is 0.179 e. The van der Waals surface area contributed by atoms with E-state index in [1.807, 2.05) is 17.9 Å². The highest BCUT2D eigenvalue weighted by atomic mass is 16.5. The fraction of sp³-hybridized carbons (Fsp3) is 0.579. The number of nitrogens with zero attached hydrogens (tertiary/aromatic N) is 2. The Hall–Kier alpha value is -2.02. The molecule has 1 saturated heterocycles. The van der Waals surface area contributed by atoms with Crippen LogP contribution in [0.3, 0.4) is 0 Å². The molecule has 0 radical (unpaired) electrons. The number of likely N-dealkylation sites (tertiary alicyclic amines) is 1. The SMILES string of the molecule is COc1ccc2c(c1)[C@]13CCN(C#N)[C@H](C2)[C@@H]1CC(C)C(=O)C3. The molecule has 4 atom stereocenters. The molecule has 0 N–H and O–H groups in total. The van der Waals surface area contributed by atoms with Crippen LogP contribution in [0.25, 0.3) is 0 Å². The number of fused-ring (bicyclic) bond motifs is 1. The molecule has 0 amide bonds. The number of methoxy groups -OCH3 is 1. The molecule has 4 rings (SSSR count). The van der Waals surface area contributed by atoms with Gasteiger partial charge in [0, 0.05) is 30.3 Å². The number of Topliss-reactive ketones (excluding diaryl/α,β-unsaturated/α-hetero) is 1. The number of ether oxygens (including phenoxy) is 1. The molecule has 2 fully saturated rings. The Balaban J connectivity index is 1.89. The van der Waals surface area contributed by atoms with E-state index in [4.69, 9.17) is 4.74 Å². The molecule has 4 nitrogen and oxygen atoms in total. The molecule has 1 saturated carbocycles. The van der Waals surface area contributed by atoms with Crippen LogP contribution in [-0.4, -0.2) is 30.4 Å². The first-order valence-corrected chi connectivity index (χ1v) is 8.45. The van der Waals surface area contributed by atoms with Crippen LogP contribution >= 0.6 is 0 Å². The zero-order chi connectivity index (χ0) is 16.2. The number of nitriles is 1. The lowest BCUT2D eigenvalue weighted by molar-refractivity contribution is -0.131. The second-order valence-corrected chi connectivity index (χ2v) is 7.38. The standard InChI is InChI=1S/C19H22N2O2/c1-12-7-16-17-8-13-3-4-14(23-2)9-15(13)19(16,10-18(12)22)5-6-21(17)11-20/h3-4,9,12,16-17H,5-8,10H2,1-2H3/t12?,16-,17+,19+/m0/s1. The fourth-order valence-electron chi connectivity index (χ4n) is 5.21. The zero-order valence-corrected chi connectivity index (χ0v) is 13.7. The van der Waals surface area contributed by atoms with Gasteiger partial charge in [-0.05, 0) is 48.4 Å². The van der Waals surface area contributed by atoms with Gasteiger partial charge in [-0.1, -0.05) is 13.0 Å². The predicted octanol–water partition coefficient (Wildman–Crippen LogP) is 2.66. The Morgan fingerprint density at radius 2 is 2.26 bits per heavy atom. The molecular weight excluding hydrogens is 288 g/mol. The van der Waals surface area contributed by atoms with E-state index in [-0.39, 0.29) is 17.4 Å². The molecule has 0 spiro atoms. The minimum absolute atomic E-state index is 0.0935. The number of rotatable bonds is 1. The molecule has 1 heterocycles. The van der Waals surface area contributed by atoms with Crippen LogP contribution in [-0.2, 0) is 16.6 Å². The Labute approximate surface area is 137 Å². The normalized spacial score (nSPS) is 35.1. The maximum Gasteiger partial charge on any atom is 0.179 e. The number of piperidine rings is 1. The van der Waals surface area contributed by atoms with Crippen molar-refractivity contribution in [1.82, 2.24) is 4.90 Å². The second kappa shape index (κ2) is 4.99. The van der Waals surface area contributed by atoms with E-state index < -0.39 is 0 Å². The lowest BCUT2D eigenvalue weighted by Gasteiger charge is -2.58. The summed E-state index contributed by atoms with van der Waals surface area (Å²) < 4.78 is 5.44. The average Bonchev–Trinajstić information content (AvgIpc) is 2.56. The largest absolute Gasteiger partial charge is 0.497 e. The van der Waals surface area contributed by atoms with E-state index in [1.54, 1.807) is 7.11 Å². The Morgan fingerprint density at radius 3 is 3.00 bits per heavy atom. The molecule has 2 bridgehead atoms. The maximum absolute atomic E-state index is 12.5. The number of benzene rings is 1. The minimum atomic E-state index is -0.0935. The van der Waals surface area contributed by atoms with Crippen molar-refractivity contribution >= 4 is 5.78 Å². The first kappa shape index (κ1) is 14.6. The highest BCUT2D eigenvalue weighted by Crippen LogP contribution is 2.56. The second-order valence-electron chi connectivity index (χ2n) is 7.38. The van der Waals surface area contributed by atoms with E-state index in [9.17, 15) is 10.1 Å². The van der Waals surface area contributed by atoms with Crippen LogP contribution in [0.4, 0.5) is 0 Å². The van der Waals surface area contributed by atoms with Crippen molar-refractivity contribution < 1.29 is 9.53 Å². The Morgan fingerprint density at radius 1 is 1.43 bits per heavy atom. The first-order chi connectivity index (χ1) is 11.1. The summed E-state index contributed by atoms with van der Waals surface area (Å²) in [5.74, 6) is 1.75. The van der Waals surface area contributed by atoms with Crippen LogP contribution in [0.5, 0.6) is 5.75 Å². The van der Waals surface area contributed by atoms with Crippen LogP contribution in [0.2, 0.25) is 0 Å². The third-order valence-corrected chi connectivity index (χ3v) is 6.43. The van der Waals surface area contributed by atoms with E-state index in [0.29, 0.717) is 18.1 Å². The number of carbonyl (C=O) groups is 1. The van der Waals surface area contributed by atoms with Gasteiger partial charge < -0.3 is 9.64 Å². The summed E-state index contributed by atoms with van der Waals surface area (Å²) in [4.78, 5) is 14.5. The van der Waals surface area contributed by atoms with Crippen LogP contribution < -0.4 is 4.74 Å². The van der Waals surface area contributed by atoms with Gasteiger partial charge in [0.15, 0.2) is 6.19 Å². The predicted molar refractivity (Wildman–Crippen MR) is 86.0 cm³/mol. The van der Waals surface area contributed by atoms with Gasteiger partial charge in [-0.3, -0.25) is 4.79 Å². The summed E-state index contributed by atoms with van der Waals surface area (Å²) in [6.07, 6.45) is 5.71. The molecular formula is C19H22N2O2. The molecule has 1 unspecified atom stereocenters. The van der Waals surface area contributed by atoms with Gasteiger partial charge in [0.05, 0.1) is 7.11 Å². The summed E-state index contributed by atoms with van der Waals surface area (Å²) in [7, 11) is 1.69. The van der Waals surface area contributed by atoms with Crippen molar-refractivity contribution in [3.05, 3.63) is 29.3 Å². The number of carbonyl (C=O) groups excluding carboxylic acids is 1. The quantitative estimate of drug-likeness (QED) is 0.748. The molecule has 1 aromatic rings. The van der Waals surface area contributed by atoms with Crippen molar-refractivity contribution in [3.63, 3.8) is 0 Å². The summed E-state index contributed by atoms with van der Waals surface area (Å²) in [5, 5.41) is 9.53. The molecule has 2 aliphatic carbocycles. The fourth-order valence-corrected chi connectivity index (χ4v) is 5.21. The van der Waals surface area contributed by atoms with Gasteiger partial charge in [-0.15, -0.1) is 0 Å². The van der Waals surface area contributed by atoms with Gasteiger partial charge in [0.25, 0.3) is 0 Å². The van der Waals surface area contributed by atoms with E-state index in [2.05, 4.69) is 18.3 Å². The molecule has 1 aliphatic heterocycles. The van der Waals surface area contributed by atoms with E-state index in [1.165, 1.54) is 11.1 Å². The molecule has 0 aromatic heterocycles. The van der Waals surface area contributed by atoms with Gasteiger partial charge >= 0.3 is 0 Å². The number of hydrogen-bond acceptors (Lipinski definition) is 4. The highest BCUT2D eigenvalue weighted by molar-refractivity contribution is 5.84. The topological polar surface area (TPSA) is 53.3 Å². The van der Waals surface area contributed by atoms with Gasteiger partial charge in [0.1, 0.15) is 11.5 Å². The monoisotopic (exact) mass is 310 g/mol. The maximum atomic E-state index is 12.5. The molecule has 4 heteroatoms. The van der Waals surface area contributed by atoms with E-state index >= 15 is 0 Å². The van der Waals surface area contributed by atoms with Crippen LogP contribution in [0.15, 0.2) is 18.2 Å². The van der Waals surface area contributed by atoms with E-state index in [0.717, 1.165) is 31.6 Å². The Kier molecular flexibility index (Phi) is 3.16. The van der Waals surface area contributed by atoms with Crippen LogP contribution in [0, 0.1) is 23.3 Å². The molecule has 1 aromatic carbocycles. The minimum Gasteiger partial charge on any atom is -0.497 e. The third-order valence-electron chi connectivity index (χ3n) is 6.43. The molecule has 3 aliphatic rings. The van der Waals surface area contributed by atoms with Crippen molar-refractivity contribution in [2.24, 2.45) is 11.8 Å². The van der Waals surface area contributed by atoms with Gasteiger partial charge in [-0.2, -0.15) is 5.26 Å². The van der Waals surface area contributed by atoms with Gasteiger partial charge in [0.2, 0.25) is 0 Å². The first-order valence-electron chi connectivity index (χ1n) is 8.45. The van der Waals surface area contributed by atoms with Crippen molar-refractivity contribution in [1.29, 1.82) is 5.26 Å². The molecule has 23 heavy (non-hydrogen) atoms. The average molecular weight is 310 g/mol. The Bertz CT molecular complexity index is 708. The zero-order valence-electron chi connectivity index (χ0n) is 13.7. The van der Waals surface area contributed by atoms with Crippen LogP contribution in [0.1, 0.15) is 37.3 Å². The number of hydrogen-bond donors (Lipinski definition) is 0. The van der Waals surface area contributed by atoms with Crippen molar-refractivity contribution in [2.45, 2.75) is 44.1 Å².